The first kappa shape index (κ1) is 8.23. The van der Waals surface area contributed by atoms with Gasteiger partial charge in [-0.3, -0.25) is 0 Å². The average molecular weight is 174 g/mol. The molecular weight excluding hydrogens is 166 g/mol. The molecular formula is C6H8ClN3O. The van der Waals surface area contributed by atoms with E-state index in [1.54, 1.807) is 0 Å². The monoisotopic (exact) mass is 173 g/mol. The lowest BCUT2D eigenvalue weighted by atomic mass is 10.5. The van der Waals surface area contributed by atoms with Crippen LogP contribution in [0.1, 0.15) is 5.82 Å². The highest BCUT2D eigenvalue weighted by molar-refractivity contribution is 6.29. The van der Waals surface area contributed by atoms with Gasteiger partial charge in [0.25, 0.3) is 0 Å². The standard InChI is InChI=1S/C6H8ClN3O/c1-5(7)2-8-3-6-9-4-11-10-6/h4,8H,1-3H2. The van der Waals surface area contributed by atoms with Crippen molar-refractivity contribution in [3.63, 3.8) is 0 Å². The van der Waals surface area contributed by atoms with E-state index >= 15 is 0 Å². The Morgan fingerprint density at radius 3 is 3.18 bits per heavy atom. The number of nitrogens with one attached hydrogen (secondary N) is 1. The molecule has 0 radical (unpaired) electrons. The fourth-order valence-corrected chi connectivity index (χ4v) is 0.675. The first-order chi connectivity index (χ1) is 5.29. The Balaban J connectivity index is 2.19. The number of nitrogens with zero attached hydrogens (tertiary/aromatic N) is 2. The average Bonchev–Trinajstić information content (AvgIpc) is 2.39. The van der Waals surface area contributed by atoms with E-state index in [1.807, 2.05) is 0 Å². The second kappa shape index (κ2) is 4.10. The van der Waals surface area contributed by atoms with Crippen molar-refractivity contribution in [3.05, 3.63) is 23.8 Å². The molecule has 0 spiro atoms. The van der Waals surface area contributed by atoms with Crippen LogP contribution in [-0.4, -0.2) is 16.7 Å². The summed E-state index contributed by atoms with van der Waals surface area (Å²) < 4.78 is 4.52. The van der Waals surface area contributed by atoms with E-state index in [0.29, 0.717) is 23.9 Å². The van der Waals surface area contributed by atoms with Gasteiger partial charge in [0.05, 0.1) is 6.54 Å². The van der Waals surface area contributed by atoms with Crippen LogP contribution in [0.2, 0.25) is 0 Å². The maximum Gasteiger partial charge on any atom is 0.213 e. The molecule has 1 aromatic rings. The summed E-state index contributed by atoms with van der Waals surface area (Å²) in [5.41, 5.74) is 0. The van der Waals surface area contributed by atoms with E-state index in [4.69, 9.17) is 11.6 Å². The fourth-order valence-electron chi connectivity index (χ4n) is 0.580. The van der Waals surface area contributed by atoms with E-state index in [-0.39, 0.29) is 0 Å². The summed E-state index contributed by atoms with van der Waals surface area (Å²) in [4.78, 5) is 3.80. The molecule has 0 fully saturated rings. The molecule has 0 amide bonds. The van der Waals surface area contributed by atoms with Gasteiger partial charge in [0, 0.05) is 11.6 Å². The second-order valence-corrected chi connectivity index (χ2v) is 2.50. The molecule has 0 aliphatic rings. The summed E-state index contributed by atoms with van der Waals surface area (Å²) in [5.74, 6) is 0.614. The molecule has 5 heteroatoms. The zero-order chi connectivity index (χ0) is 8.10. The molecule has 0 aliphatic carbocycles. The van der Waals surface area contributed by atoms with E-state index in [1.165, 1.54) is 6.39 Å². The summed E-state index contributed by atoms with van der Waals surface area (Å²) in [6.07, 6.45) is 1.28. The molecule has 0 atom stereocenters. The number of hydrogen-bond donors (Lipinski definition) is 1. The van der Waals surface area contributed by atoms with Crippen LogP contribution >= 0.6 is 11.6 Å². The zero-order valence-corrected chi connectivity index (χ0v) is 6.64. The highest BCUT2D eigenvalue weighted by Gasteiger charge is 1.96. The quantitative estimate of drug-likeness (QED) is 0.736. The number of hydrogen-bond acceptors (Lipinski definition) is 4. The van der Waals surface area contributed by atoms with Crippen LogP contribution in [0.25, 0.3) is 0 Å². The van der Waals surface area contributed by atoms with Crippen molar-refractivity contribution in [2.75, 3.05) is 6.54 Å². The maximum absolute atomic E-state index is 5.50. The van der Waals surface area contributed by atoms with Crippen LogP contribution in [-0.2, 0) is 6.54 Å². The molecule has 0 saturated carbocycles. The predicted molar refractivity (Wildman–Crippen MR) is 41.0 cm³/mol. The van der Waals surface area contributed by atoms with Gasteiger partial charge in [-0.25, -0.2) is 0 Å². The maximum atomic E-state index is 5.50. The Morgan fingerprint density at radius 1 is 1.82 bits per heavy atom. The van der Waals surface area contributed by atoms with Gasteiger partial charge in [-0.15, -0.1) is 0 Å². The first-order valence-corrected chi connectivity index (χ1v) is 3.46. The molecule has 60 valence electrons. The first-order valence-electron chi connectivity index (χ1n) is 3.08. The Kier molecular flexibility index (Phi) is 3.07. The van der Waals surface area contributed by atoms with Crippen LogP contribution in [0.5, 0.6) is 0 Å². The van der Waals surface area contributed by atoms with Gasteiger partial charge in [0.15, 0.2) is 5.82 Å². The molecule has 0 unspecified atom stereocenters. The van der Waals surface area contributed by atoms with Crippen LogP contribution < -0.4 is 5.32 Å². The fraction of sp³-hybridized carbons (Fsp3) is 0.333. The van der Waals surface area contributed by atoms with Gasteiger partial charge in [-0.2, -0.15) is 4.98 Å². The van der Waals surface area contributed by atoms with Crippen molar-refractivity contribution in [1.29, 1.82) is 0 Å². The smallest absolute Gasteiger partial charge is 0.213 e. The largest absolute Gasteiger partial charge is 0.343 e. The summed E-state index contributed by atoms with van der Waals surface area (Å²) in [6.45, 7) is 4.61. The molecule has 0 aromatic carbocycles. The molecule has 1 aromatic heterocycles. The lowest BCUT2D eigenvalue weighted by Crippen LogP contribution is -2.15. The lowest BCUT2D eigenvalue weighted by Gasteiger charge is -1.96. The number of halogens is 1. The number of rotatable bonds is 4. The molecule has 0 saturated heterocycles. The Hall–Kier alpha value is -0.870. The third kappa shape index (κ3) is 3.15. The topological polar surface area (TPSA) is 51.0 Å². The van der Waals surface area contributed by atoms with E-state index in [0.717, 1.165) is 0 Å². The van der Waals surface area contributed by atoms with E-state index in [9.17, 15) is 0 Å². The molecule has 11 heavy (non-hydrogen) atoms. The van der Waals surface area contributed by atoms with E-state index < -0.39 is 0 Å². The number of aromatic nitrogens is 2. The second-order valence-electron chi connectivity index (χ2n) is 1.97. The Bertz CT molecular complexity index is 222. The summed E-state index contributed by atoms with van der Waals surface area (Å²) in [6, 6.07) is 0. The highest BCUT2D eigenvalue weighted by atomic mass is 35.5. The van der Waals surface area contributed by atoms with Crippen molar-refractivity contribution in [1.82, 2.24) is 15.5 Å². The normalized spacial score (nSPS) is 9.91. The SMILES string of the molecule is C=C(Cl)CNCc1ncon1. The van der Waals surface area contributed by atoms with Crippen LogP contribution in [0.15, 0.2) is 22.5 Å². The molecule has 4 nitrogen and oxygen atoms in total. The predicted octanol–water partition coefficient (Wildman–Crippen LogP) is 0.912. The van der Waals surface area contributed by atoms with Gasteiger partial charge in [0.1, 0.15) is 0 Å². The Morgan fingerprint density at radius 2 is 2.64 bits per heavy atom. The van der Waals surface area contributed by atoms with Gasteiger partial charge in [-0.1, -0.05) is 23.3 Å². The third-order valence-electron chi connectivity index (χ3n) is 1.01. The van der Waals surface area contributed by atoms with Gasteiger partial charge in [0.2, 0.25) is 6.39 Å². The molecule has 0 bridgehead atoms. The van der Waals surface area contributed by atoms with Crippen LogP contribution in [0, 0.1) is 0 Å². The van der Waals surface area contributed by atoms with E-state index in [2.05, 4.69) is 26.6 Å². The summed E-state index contributed by atoms with van der Waals surface area (Å²) >= 11 is 5.50. The highest BCUT2D eigenvalue weighted by Crippen LogP contribution is 1.93. The summed E-state index contributed by atoms with van der Waals surface area (Å²) in [7, 11) is 0. The minimum atomic E-state index is 0.544. The minimum absolute atomic E-state index is 0.544. The van der Waals surface area contributed by atoms with Crippen LogP contribution in [0.3, 0.4) is 0 Å². The van der Waals surface area contributed by atoms with Crippen LogP contribution in [0.4, 0.5) is 0 Å². The molecule has 1 rings (SSSR count). The van der Waals surface area contributed by atoms with Crippen molar-refractivity contribution < 1.29 is 4.52 Å². The molecule has 1 heterocycles. The van der Waals surface area contributed by atoms with Gasteiger partial charge >= 0.3 is 0 Å². The van der Waals surface area contributed by atoms with Crippen molar-refractivity contribution >= 4 is 11.6 Å². The third-order valence-corrected chi connectivity index (χ3v) is 1.14. The van der Waals surface area contributed by atoms with Gasteiger partial charge < -0.3 is 9.84 Å². The zero-order valence-electron chi connectivity index (χ0n) is 5.88. The van der Waals surface area contributed by atoms with Crippen molar-refractivity contribution in [3.8, 4) is 0 Å². The lowest BCUT2D eigenvalue weighted by molar-refractivity contribution is 0.408. The van der Waals surface area contributed by atoms with Crippen molar-refractivity contribution in [2.24, 2.45) is 0 Å². The summed E-state index contributed by atoms with van der Waals surface area (Å²) in [5, 5.41) is 7.13. The Labute approximate surface area is 69.2 Å². The van der Waals surface area contributed by atoms with Crippen molar-refractivity contribution in [2.45, 2.75) is 6.54 Å². The minimum Gasteiger partial charge on any atom is -0.343 e. The van der Waals surface area contributed by atoms with Gasteiger partial charge in [-0.05, 0) is 0 Å². The molecule has 0 aliphatic heterocycles. The molecule has 1 N–H and O–H groups in total.